The van der Waals surface area contributed by atoms with Crippen LogP contribution in [0, 0.1) is 12.8 Å². The first-order chi connectivity index (χ1) is 24.2. The van der Waals surface area contributed by atoms with Crippen molar-refractivity contribution >= 4 is 11.1 Å². The van der Waals surface area contributed by atoms with Gasteiger partial charge in [0.15, 0.2) is 17.5 Å². The zero-order valence-corrected chi connectivity index (χ0v) is 27.6. The third-order valence-electron chi connectivity index (χ3n) is 9.38. The van der Waals surface area contributed by atoms with Crippen molar-refractivity contribution in [3.63, 3.8) is 0 Å². The van der Waals surface area contributed by atoms with Gasteiger partial charge in [0, 0.05) is 17.0 Å². The van der Waals surface area contributed by atoms with Crippen LogP contribution >= 0.6 is 0 Å². The smallest absolute Gasteiger partial charge is 0.164 e. The fourth-order valence-electron chi connectivity index (χ4n) is 6.85. The average molecular weight is 632 g/mol. The van der Waals surface area contributed by atoms with Crippen molar-refractivity contribution in [1.82, 2.24) is 15.0 Å². The molecular weight excluding hydrogens is 595 g/mol. The predicted molar refractivity (Wildman–Crippen MR) is 203 cm³/mol. The quantitative estimate of drug-likeness (QED) is 0.176. The molecule has 5 aromatic carbocycles. The number of rotatable bonds is 7. The molecule has 0 spiro atoms. The molecule has 6 aromatic rings. The highest BCUT2D eigenvalue weighted by molar-refractivity contribution is 5.86. The Morgan fingerprint density at radius 3 is 1.71 bits per heavy atom. The molecular formula is C46H37N3. The van der Waals surface area contributed by atoms with Gasteiger partial charge in [-0.15, -0.1) is 0 Å². The maximum Gasteiger partial charge on any atom is 0.164 e. The number of aryl methyl sites for hydroxylation is 1. The summed E-state index contributed by atoms with van der Waals surface area (Å²) in [6, 6.07) is 46.9. The van der Waals surface area contributed by atoms with Gasteiger partial charge in [0.25, 0.3) is 0 Å². The zero-order valence-electron chi connectivity index (χ0n) is 27.6. The summed E-state index contributed by atoms with van der Waals surface area (Å²) in [7, 11) is 0. The number of benzene rings is 5. The Hall–Kier alpha value is -5.93. The second-order valence-electron chi connectivity index (χ2n) is 12.9. The zero-order chi connectivity index (χ0) is 33.0. The number of hydrogen-bond donors (Lipinski definition) is 0. The highest BCUT2D eigenvalue weighted by Gasteiger charge is 2.24. The first-order valence-electron chi connectivity index (χ1n) is 17.1. The molecule has 49 heavy (non-hydrogen) atoms. The second kappa shape index (κ2) is 13.7. The minimum absolute atomic E-state index is 0.272. The van der Waals surface area contributed by atoms with Crippen molar-refractivity contribution in [2.45, 2.75) is 26.2 Å². The summed E-state index contributed by atoms with van der Waals surface area (Å²) in [4.78, 5) is 15.7. The van der Waals surface area contributed by atoms with Gasteiger partial charge in [-0.25, -0.2) is 15.0 Å². The molecule has 0 aliphatic heterocycles. The van der Waals surface area contributed by atoms with E-state index >= 15 is 0 Å². The Morgan fingerprint density at radius 2 is 1.10 bits per heavy atom. The van der Waals surface area contributed by atoms with E-state index in [2.05, 4.69) is 171 Å². The van der Waals surface area contributed by atoms with Crippen molar-refractivity contribution in [2.75, 3.05) is 0 Å². The summed E-state index contributed by atoms with van der Waals surface area (Å²) in [5.74, 6) is 2.35. The highest BCUT2D eigenvalue weighted by Crippen LogP contribution is 2.39. The summed E-state index contributed by atoms with van der Waals surface area (Å²) in [6.07, 6.45) is 14.5. The number of allylic oxidation sites excluding steroid dienone is 8. The third kappa shape index (κ3) is 6.75. The van der Waals surface area contributed by atoms with Gasteiger partial charge >= 0.3 is 0 Å². The molecule has 1 heterocycles. The Morgan fingerprint density at radius 1 is 0.531 bits per heavy atom. The van der Waals surface area contributed by atoms with Crippen LogP contribution in [0.4, 0.5) is 0 Å². The first-order valence-corrected chi connectivity index (χ1v) is 17.1. The molecule has 0 saturated heterocycles. The van der Waals surface area contributed by atoms with Crippen molar-refractivity contribution < 1.29 is 0 Å². The molecule has 1 unspecified atom stereocenters. The van der Waals surface area contributed by atoms with Crippen LogP contribution in [0.25, 0.3) is 56.2 Å². The molecule has 0 N–H and O–H groups in total. The molecule has 3 nitrogen and oxygen atoms in total. The molecule has 0 radical (unpaired) electrons. The maximum absolute atomic E-state index is 5.30. The van der Waals surface area contributed by atoms with Crippen LogP contribution < -0.4 is 0 Å². The third-order valence-corrected chi connectivity index (χ3v) is 9.38. The van der Waals surface area contributed by atoms with E-state index < -0.39 is 0 Å². The lowest BCUT2D eigenvalue weighted by atomic mass is 9.80. The molecule has 2 aliphatic carbocycles. The number of aromatic nitrogens is 3. The second-order valence-corrected chi connectivity index (χ2v) is 12.9. The molecule has 0 bridgehead atoms. The predicted octanol–water partition coefficient (Wildman–Crippen LogP) is 11.6. The van der Waals surface area contributed by atoms with E-state index in [0.29, 0.717) is 11.6 Å². The van der Waals surface area contributed by atoms with Gasteiger partial charge in [0.2, 0.25) is 0 Å². The lowest BCUT2D eigenvalue weighted by molar-refractivity contribution is 0.718. The van der Waals surface area contributed by atoms with Crippen LogP contribution in [0.15, 0.2) is 169 Å². The van der Waals surface area contributed by atoms with Crippen LogP contribution in [0.2, 0.25) is 0 Å². The van der Waals surface area contributed by atoms with Gasteiger partial charge in [-0.05, 0) is 95.5 Å². The fourth-order valence-corrected chi connectivity index (χ4v) is 6.85. The minimum atomic E-state index is 0.272. The van der Waals surface area contributed by atoms with E-state index in [1.54, 1.807) is 0 Å². The molecule has 0 fully saturated rings. The fraction of sp³-hybridized carbons (Fsp3) is 0.109. The summed E-state index contributed by atoms with van der Waals surface area (Å²) in [6.45, 7) is 2.11. The lowest BCUT2D eigenvalue weighted by Gasteiger charge is -2.25. The molecule has 8 rings (SSSR count). The van der Waals surface area contributed by atoms with Gasteiger partial charge in [-0.1, -0.05) is 145 Å². The van der Waals surface area contributed by atoms with Gasteiger partial charge < -0.3 is 0 Å². The first kappa shape index (κ1) is 30.4. The van der Waals surface area contributed by atoms with Crippen LogP contribution in [0.5, 0.6) is 0 Å². The SMILES string of the molecule is Cc1cccc(-c2nc(C3=CC(c4ccccc4)=CC(C4=CC=CCC4)C3)nc(-c3cc(-c4ccccc4)cc(-c4ccccc4)c3)n2)c1. The van der Waals surface area contributed by atoms with Gasteiger partial charge in [-0.2, -0.15) is 0 Å². The summed E-state index contributed by atoms with van der Waals surface area (Å²) in [5.41, 5.74) is 12.7. The van der Waals surface area contributed by atoms with Crippen molar-refractivity contribution in [2.24, 2.45) is 5.92 Å². The Balaban J connectivity index is 1.32. The van der Waals surface area contributed by atoms with Crippen LogP contribution in [0.3, 0.4) is 0 Å². The van der Waals surface area contributed by atoms with Crippen molar-refractivity contribution in [1.29, 1.82) is 0 Å². The standard InChI is InChI=1S/C46H37N3/c1-32-15-14-24-37(25-32)44-47-45(42-28-38(33-16-6-2-7-17-33)26-39(29-42)34-18-8-3-9-19-34)49-46(48-44)43-30-40(35-20-10-4-11-21-35)27-41(31-43)36-22-12-5-13-23-36/h2-12,14-22,24-30,41H,13,23,31H2,1H3. The van der Waals surface area contributed by atoms with Crippen LogP contribution in [0.1, 0.15) is 36.2 Å². The van der Waals surface area contributed by atoms with Gasteiger partial charge in [0.05, 0.1) is 0 Å². The Bertz CT molecular complexity index is 2190. The largest absolute Gasteiger partial charge is 0.209 e. The van der Waals surface area contributed by atoms with E-state index in [1.807, 2.05) is 0 Å². The molecule has 1 aromatic heterocycles. The molecule has 3 heteroatoms. The van der Waals surface area contributed by atoms with Gasteiger partial charge in [-0.3, -0.25) is 0 Å². The topological polar surface area (TPSA) is 38.7 Å². The molecule has 0 saturated carbocycles. The Kier molecular flexibility index (Phi) is 8.48. The van der Waals surface area contributed by atoms with Crippen molar-refractivity contribution in [3.8, 4) is 45.0 Å². The van der Waals surface area contributed by atoms with E-state index in [9.17, 15) is 0 Å². The van der Waals surface area contributed by atoms with Crippen LogP contribution in [-0.2, 0) is 0 Å². The van der Waals surface area contributed by atoms with E-state index in [0.717, 1.165) is 64.0 Å². The summed E-state index contributed by atoms with van der Waals surface area (Å²) < 4.78 is 0. The van der Waals surface area contributed by atoms with Crippen LogP contribution in [-0.4, -0.2) is 15.0 Å². The number of hydrogen-bond acceptors (Lipinski definition) is 3. The average Bonchev–Trinajstić information content (AvgIpc) is 3.19. The van der Waals surface area contributed by atoms with Crippen molar-refractivity contribution in [3.05, 3.63) is 186 Å². The summed E-state index contributed by atoms with van der Waals surface area (Å²) in [5, 5.41) is 0. The number of nitrogens with zero attached hydrogens (tertiary/aromatic N) is 3. The molecule has 0 amide bonds. The summed E-state index contributed by atoms with van der Waals surface area (Å²) >= 11 is 0. The van der Waals surface area contributed by atoms with E-state index in [1.165, 1.54) is 22.3 Å². The highest BCUT2D eigenvalue weighted by atomic mass is 15.0. The monoisotopic (exact) mass is 631 g/mol. The van der Waals surface area contributed by atoms with Gasteiger partial charge in [0.1, 0.15) is 0 Å². The lowest BCUT2D eigenvalue weighted by Crippen LogP contribution is -2.11. The maximum atomic E-state index is 5.30. The normalized spacial score (nSPS) is 15.7. The molecule has 1 atom stereocenters. The molecule has 2 aliphatic rings. The molecule has 236 valence electrons. The van der Waals surface area contributed by atoms with E-state index in [4.69, 9.17) is 15.0 Å². The van der Waals surface area contributed by atoms with E-state index in [-0.39, 0.29) is 5.92 Å². The minimum Gasteiger partial charge on any atom is -0.209 e. The Labute approximate surface area is 288 Å².